The van der Waals surface area contributed by atoms with E-state index < -0.39 is 0 Å². The number of furan rings is 1. The number of thiophene rings is 1. The van der Waals surface area contributed by atoms with Gasteiger partial charge in [-0.05, 0) is 60.4 Å². The zero-order valence-electron chi connectivity index (χ0n) is 17.8. The molecule has 7 heteroatoms. The molecule has 4 rings (SSSR count). The first kappa shape index (κ1) is 21.7. The molecule has 1 aromatic carbocycles. The second kappa shape index (κ2) is 8.52. The minimum Gasteiger partial charge on any atom is -0.459 e. The van der Waals surface area contributed by atoms with Gasteiger partial charge in [-0.25, -0.2) is 0 Å². The summed E-state index contributed by atoms with van der Waals surface area (Å²) in [7, 11) is 0. The van der Waals surface area contributed by atoms with Crippen molar-refractivity contribution in [1.29, 1.82) is 0 Å². The molecule has 0 spiro atoms. The molecule has 2 aromatic heterocycles. The standard InChI is InChI=1S/C24H25ClN2O3S/c1-24(2,3)14-10-11-15-19(13-14)31-23(27-21(28)18-9-6-12-30-18)20(15)22(29)26-17-8-5-4-7-16(17)25/h4-9,12,14H,10-11,13H2,1-3H3,(H,26,29)(H,27,28). The van der Waals surface area contributed by atoms with Crippen LogP contribution in [0, 0.1) is 11.3 Å². The van der Waals surface area contributed by atoms with Gasteiger partial charge in [-0.2, -0.15) is 0 Å². The van der Waals surface area contributed by atoms with Crippen molar-refractivity contribution in [2.24, 2.45) is 11.3 Å². The minimum atomic E-state index is -0.372. The molecule has 0 fully saturated rings. The van der Waals surface area contributed by atoms with Crippen molar-refractivity contribution in [2.75, 3.05) is 10.6 Å². The average molecular weight is 457 g/mol. The molecular formula is C24H25ClN2O3S. The molecule has 3 aromatic rings. The highest BCUT2D eigenvalue weighted by Crippen LogP contribution is 2.44. The molecule has 5 nitrogen and oxygen atoms in total. The Labute approximate surface area is 190 Å². The number of fused-ring (bicyclic) bond motifs is 1. The summed E-state index contributed by atoms with van der Waals surface area (Å²) in [5.41, 5.74) is 2.26. The SMILES string of the molecule is CC(C)(C)C1CCc2c(sc(NC(=O)c3ccco3)c2C(=O)Nc2ccccc2Cl)C1. The molecule has 0 saturated carbocycles. The van der Waals surface area contributed by atoms with Crippen LogP contribution in [0.4, 0.5) is 10.7 Å². The first-order valence-corrected chi connectivity index (χ1v) is 11.5. The predicted molar refractivity (Wildman–Crippen MR) is 125 cm³/mol. The monoisotopic (exact) mass is 456 g/mol. The van der Waals surface area contributed by atoms with Gasteiger partial charge in [0.15, 0.2) is 5.76 Å². The van der Waals surface area contributed by atoms with Crippen molar-refractivity contribution in [2.45, 2.75) is 40.0 Å². The third kappa shape index (κ3) is 4.55. The Kier molecular flexibility index (Phi) is 5.95. The highest BCUT2D eigenvalue weighted by atomic mass is 35.5. The Morgan fingerprint density at radius 1 is 1.10 bits per heavy atom. The molecule has 0 saturated heterocycles. The first-order chi connectivity index (χ1) is 14.7. The maximum absolute atomic E-state index is 13.3. The van der Waals surface area contributed by atoms with E-state index in [2.05, 4.69) is 31.4 Å². The molecule has 1 unspecified atom stereocenters. The number of carbonyl (C=O) groups is 2. The smallest absolute Gasteiger partial charge is 0.291 e. The van der Waals surface area contributed by atoms with E-state index in [1.54, 1.807) is 24.3 Å². The van der Waals surface area contributed by atoms with Gasteiger partial charge in [-0.3, -0.25) is 9.59 Å². The number of halogens is 1. The number of carbonyl (C=O) groups excluding carboxylic acids is 2. The second-order valence-corrected chi connectivity index (χ2v) is 10.4. The van der Waals surface area contributed by atoms with Crippen LogP contribution < -0.4 is 10.6 Å². The highest BCUT2D eigenvalue weighted by molar-refractivity contribution is 7.17. The number of rotatable bonds is 4. The predicted octanol–water partition coefficient (Wildman–Crippen LogP) is 6.65. The van der Waals surface area contributed by atoms with Crippen molar-refractivity contribution in [3.8, 4) is 0 Å². The number of benzene rings is 1. The van der Waals surface area contributed by atoms with Crippen molar-refractivity contribution >= 4 is 45.4 Å². The Bertz CT molecular complexity index is 1110. The molecule has 0 aliphatic heterocycles. The largest absolute Gasteiger partial charge is 0.459 e. The zero-order valence-corrected chi connectivity index (χ0v) is 19.3. The zero-order chi connectivity index (χ0) is 22.2. The number of para-hydroxylation sites is 1. The van der Waals surface area contributed by atoms with Crippen LogP contribution in [0.1, 0.15) is 58.5 Å². The van der Waals surface area contributed by atoms with E-state index in [0.717, 1.165) is 29.7 Å². The van der Waals surface area contributed by atoms with E-state index in [4.69, 9.17) is 16.0 Å². The van der Waals surface area contributed by atoms with E-state index in [0.29, 0.717) is 27.2 Å². The number of hydrogen-bond donors (Lipinski definition) is 2. The van der Waals surface area contributed by atoms with Gasteiger partial charge in [0.2, 0.25) is 0 Å². The van der Waals surface area contributed by atoms with E-state index in [-0.39, 0.29) is 23.0 Å². The summed E-state index contributed by atoms with van der Waals surface area (Å²) in [5.74, 6) is 0.0838. The van der Waals surface area contributed by atoms with Gasteiger partial charge in [0.1, 0.15) is 5.00 Å². The first-order valence-electron chi connectivity index (χ1n) is 10.3. The van der Waals surface area contributed by atoms with E-state index in [1.165, 1.54) is 17.6 Å². The Morgan fingerprint density at radius 3 is 2.55 bits per heavy atom. The van der Waals surface area contributed by atoms with Gasteiger partial charge in [0, 0.05) is 4.88 Å². The lowest BCUT2D eigenvalue weighted by atomic mass is 9.72. The Balaban J connectivity index is 1.69. The maximum Gasteiger partial charge on any atom is 0.291 e. The molecule has 1 atom stereocenters. The summed E-state index contributed by atoms with van der Waals surface area (Å²) in [6, 6.07) is 10.4. The fourth-order valence-corrected chi connectivity index (χ4v) is 5.48. The number of amides is 2. The van der Waals surface area contributed by atoms with Gasteiger partial charge >= 0.3 is 0 Å². The average Bonchev–Trinajstić information content (AvgIpc) is 3.36. The molecule has 2 amide bonds. The van der Waals surface area contributed by atoms with Crippen LogP contribution in [0.5, 0.6) is 0 Å². The van der Waals surface area contributed by atoms with Gasteiger partial charge < -0.3 is 15.1 Å². The quantitative estimate of drug-likeness (QED) is 0.461. The summed E-state index contributed by atoms with van der Waals surface area (Å²) in [5, 5.41) is 6.82. The highest BCUT2D eigenvalue weighted by Gasteiger charge is 2.34. The van der Waals surface area contributed by atoms with Gasteiger partial charge in [0.05, 0.1) is 22.5 Å². The topological polar surface area (TPSA) is 71.3 Å². The van der Waals surface area contributed by atoms with Gasteiger partial charge in [-0.15, -0.1) is 11.3 Å². The lowest BCUT2D eigenvalue weighted by Gasteiger charge is -2.33. The second-order valence-electron chi connectivity index (χ2n) is 8.88. The molecule has 0 bridgehead atoms. The number of nitrogens with one attached hydrogen (secondary N) is 2. The summed E-state index contributed by atoms with van der Waals surface area (Å²) >= 11 is 7.72. The Morgan fingerprint density at radius 2 is 1.87 bits per heavy atom. The summed E-state index contributed by atoms with van der Waals surface area (Å²) in [6.45, 7) is 6.75. The fraction of sp³-hybridized carbons (Fsp3) is 0.333. The molecule has 1 aliphatic rings. The van der Waals surface area contributed by atoms with Crippen molar-refractivity contribution < 1.29 is 14.0 Å². The molecular weight excluding hydrogens is 432 g/mol. The molecule has 0 radical (unpaired) electrons. The third-order valence-corrected chi connectivity index (χ3v) is 7.31. The van der Waals surface area contributed by atoms with Crippen molar-refractivity contribution in [3.63, 3.8) is 0 Å². The molecule has 2 N–H and O–H groups in total. The lowest BCUT2D eigenvalue weighted by molar-refractivity contribution is 0.0997. The van der Waals surface area contributed by atoms with E-state index in [1.807, 2.05) is 12.1 Å². The normalized spacial score (nSPS) is 15.9. The van der Waals surface area contributed by atoms with E-state index in [9.17, 15) is 9.59 Å². The molecule has 162 valence electrons. The van der Waals surface area contributed by atoms with Crippen LogP contribution >= 0.6 is 22.9 Å². The van der Waals surface area contributed by atoms with Crippen LogP contribution in [-0.4, -0.2) is 11.8 Å². The minimum absolute atomic E-state index is 0.180. The van der Waals surface area contributed by atoms with Gasteiger partial charge in [-0.1, -0.05) is 44.5 Å². The van der Waals surface area contributed by atoms with Crippen LogP contribution in [0.2, 0.25) is 5.02 Å². The number of anilines is 2. The van der Waals surface area contributed by atoms with Crippen LogP contribution in [0.25, 0.3) is 0 Å². The summed E-state index contributed by atoms with van der Waals surface area (Å²) in [6.07, 6.45) is 4.15. The molecule has 1 aliphatic carbocycles. The summed E-state index contributed by atoms with van der Waals surface area (Å²) < 4.78 is 5.22. The maximum atomic E-state index is 13.3. The van der Waals surface area contributed by atoms with Crippen LogP contribution in [0.3, 0.4) is 0 Å². The Hall–Kier alpha value is -2.57. The number of hydrogen-bond acceptors (Lipinski definition) is 4. The summed E-state index contributed by atoms with van der Waals surface area (Å²) in [4.78, 5) is 27.1. The van der Waals surface area contributed by atoms with Crippen molar-refractivity contribution in [1.82, 2.24) is 0 Å². The fourth-order valence-electron chi connectivity index (χ4n) is 3.97. The third-order valence-electron chi connectivity index (χ3n) is 5.81. The molecule has 31 heavy (non-hydrogen) atoms. The van der Waals surface area contributed by atoms with E-state index >= 15 is 0 Å². The lowest BCUT2D eigenvalue weighted by Crippen LogP contribution is -2.27. The molecule has 2 heterocycles. The van der Waals surface area contributed by atoms with Crippen LogP contribution in [-0.2, 0) is 12.8 Å². The van der Waals surface area contributed by atoms with Gasteiger partial charge in [0.25, 0.3) is 11.8 Å². The van der Waals surface area contributed by atoms with Crippen LogP contribution in [0.15, 0.2) is 47.1 Å². The van der Waals surface area contributed by atoms with Crippen molar-refractivity contribution in [3.05, 3.63) is 69.4 Å².